The van der Waals surface area contributed by atoms with Crippen LogP contribution in [-0.2, 0) is 4.79 Å². The summed E-state index contributed by atoms with van der Waals surface area (Å²) in [4.78, 5) is 11.1. The second kappa shape index (κ2) is 3.37. The Morgan fingerprint density at radius 2 is 2.17 bits per heavy atom. The average Bonchev–Trinajstić information content (AvgIpc) is 2.33. The molecule has 0 radical (unpaired) electrons. The molecular formula is C10H17ClO. The van der Waals surface area contributed by atoms with Crippen molar-refractivity contribution < 1.29 is 4.79 Å². The van der Waals surface area contributed by atoms with Crippen LogP contribution in [0.3, 0.4) is 0 Å². The van der Waals surface area contributed by atoms with Crippen molar-refractivity contribution >= 4 is 16.8 Å². The summed E-state index contributed by atoms with van der Waals surface area (Å²) in [7, 11) is 0. The van der Waals surface area contributed by atoms with Crippen molar-refractivity contribution in [3.05, 3.63) is 0 Å². The summed E-state index contributed by atoms with van der Waals surface area (Å²) in [6.07, 6.45) is 3.11. The molecule has 1 fully saturated rings. The van der Waals surface area contributed by atoms with Gasteiger partial charge < -0.3 is 0 Å². The highest BCUT2D eigenvalue weighted by molar-refractivity contribution is 6.64. The first-order valence-electron chi connectivity index (χ1n) is 4.65. The molecule has 0 amide bonds. The predicted octanol–water partition coefficient (Wildman–Crippen LogP) is 3.21. The molecule has 0 bridgehead atoms. The van der Waals surface area contributed by atoms with Gasteiger partial charge in [0.25, 0.3) is 0 Å². The fraction of sp³-hybridized carbons (Fsp3) is 0.900. The van der Waals surface area contributed by atoms with Crippen molar-refractivity contribution in [2.75, 3.05) is 0 Å². The molecule has 0 aromatic rings. The minimum Gasteiger partial charge on any atom is -0.281 e. The van der Waals surface area contributed by atoms with E-state index in [-0.39, 0.29) is 10.7 Å². The van der Waals surface area contributed by atoms with E-state index < -0.39 is 0 Å². The second-order valence-corrected chi connectivity index (χ2v) is 4.92. The van der Waals surface area contributed by atoms with Gasteiger partial charge in [0.2, 0.25) is 5.24 Å². The van der Waals surface area contributed by atoms with Crippen molar-refractivity contribution in [3.8, 4) is 0 Å². The van der Waals surface area contributed by atoms with Crippen LogP contribution in [0.15, 0.2) is 0 Å². The van der Waals surface area contributed by atoms with Crippen LogP contribution in [0.4, 0.5) is 0 Å². The van der Waals surface area contributed by atoms with Gasteiger partial charge in [-0.3, -0.25) is 4.79 Å². The standard InChI is InChI=1S/C10H17ClO/c1-7(2)8-4-5-10(3,6-8)9(11)12/h7-8H,4-6H2,1-3H3. The molecule has 1 saturated carbocycles. The van der Waals surface area contributed by atoms with Gasteiger partial charge >= 0.3 is 0 Å². The average molecular weight is 189 g/mol. The lowest BCUT2D eigenvalue weighted by molar-refractivity contribution is -0.119. The zero-order valence-corrected chi connectivity index (χ0v) is 8.82. The predicted molar refractivity (Wildman–Crippen MR) is 51.1 cm³/mol. The summed E-state index contributed by atoms with van der Waals surface area (Å²) >= 11 is 5.56. The molecule has 2 heteroatoms. The fourth-order valence-electron chi connectivity index (χ4n) is 2.03. The summed E-state index contributed by atoms with van der Waals surface area (Å²) in [5, 5.41) is -0.148. The molecule has 1 nitrogen and oxygen atoms in total. The lowest BCUT2D eigenvalue weighted by Gasteiger charge is -2.19. The molecule has 1 aliphatic rings. The summed E-state index contributed by atoms with van der Waals surface area (Å²) in [5.41, 5.74) is -0.226. The Morgan fingerprint density at radius 1 is 1.58 bits per heavy atom. The first-order chi connectivity index (χ1) is 5.46. The zero-order valence-electron chi connectivity index (χ0n) is 8.06. The Labute approximate surface area is 79.5 Å². The quantitative estimate of drug-likeness (QED) is 0.609. The Hall–Kier alpha value is -0.0400. The zero-order chi connectivity index (χ0) is 9.35. The van der Waals surface area contributed by atoms with E-state index in [1.165, 1.54) is 0 Å². The molecule has 1 rings (SSSR count). The summed E-state index contributed by atoms with van der Waals surface area (Å²) in [6.45, 7) is 6.43. The molecule has 0 aliphatic heterocycles. The van der Waals surface area contributed by atoms with Crippen molar-refractivity contribution in [1.82, 2.24) is 0 Å². The van der Waals surface area contributed by atoms with Crippen molar-refractivity contribution in [1.29, 1.82) is 0 Å². The lowest BCUT2D eigenvalue weighted by atomic mass is 9.86. The summed E-state index contributed by atoms with van der Waals surface area (Å²) in [6, 6.07) is 0. The van der Waals surface area contributed by atoms with Gasteiger partial charge in [0, 0.05) is 5.41 Å². The van der Waals surface area contributed by atoms with Crippen LogP contribution in [0.5, 0.6) is 0 Å². The Kier molecular flexibility index (Phi) is 2.82. The number of carbonyl (C=O) groups excluding carboxylic acids is 1. The molecule has 0 spiro atoms. The number of halogens is 1. The van der Waals surface area contributed by atoms with Crippen LogP contribution in [-0.4, -0.2) is 5.24 Å². The molecule has 12 heavy (non-hydrogen) atoms. The minimum atomic E-state index is -0.226. The van der Waals surface area contributed by atoms with Gasteiger partial charge in [-0.2, -0.15) is 0 Å². The van der Waals surface area contributed by atoms with Crippen LogP contribution in [0, 0.1) is 17.3 Å². The van der Waals surface area contributed by atoms with Gasteiger partial charge in [-0.15, -0.1) is 0 Å². The largest absolute Gasteiger partial charge is 0.281 e. The van der Waals surface area contributed by atoms with E-state index in [2.05, 4.69) is 13.8 Å². The SMILES string of the molecule is CC(C)C1CCC(C)(C(=O)Cl)C1. The fourth-order valence-corrected chi connectivity index (χ4v) is 2.21. The number of carbonyl (C=O) groups is 1. The van der Waals surface area contributed by atoms with Crippen LogP contribution in [0.1, 0.15) is 40.0 Å². The van der Waals surface area contributed by atoms with Gasteiger partial charge in [0.05, 0.1) is 0 Å². The van der Waals surface area contributed by atoms with Gasteiger partial charge in [-0.1, -0.05) is 20.8 Å². The Bertz CT molecular complexity index is 188. The van der Waals surface area contributed by atoms with E-state index in [1.54, 1.807) is 0 Å². The molecule has 0 aromatic heterocycles. The van der Waals surface area contributed by atoms with Crippen molar-refractivity contribution in [3.63, 3.8) is 0 Å². The van der Waals surface area contributed by atoms with E-state index >= 15 is 0 Å². The third kappa shape index (κ3) is 1.82. The Balaban J connectivity index is 2.61. The monoisotopic (exact) mass is 188 g/mol. The third-order valence-electron chi connectivity index (χ3n) is 3.20. The number of rotatable bonds is 2. The van der Waals surface area contributed by atoms with Crippen LogP contribution in [0.2, 0.25) is 0 Å². The molecule has 0 saturated heterocycles. The maximum Gasteiger partial charge on any atom is 0.227 e. The van der Waals surface area contributed by atoms with E-state index in [0.29, 0.717) is 11.8 Å². The highest BCUT2D eigenvalue weighted by Crippen LogP contribution is 2.45. The van der Waals surface area contributed by atoms with E-state index in [9.17, 15) is 4.79 Å². The normalized spacial score (nSPS) is 35.9. The minimum absolute atomic E-state index is 0.148. The first-order valence-corrected chi connectivity index (χ1v) is 5.03. The van der Waals surface area contributed by atoms with Crippen molar-refractivity contribution in [2.24, 2.45) is 17.3 Å². The van der Waals surface area contributed by atoms with Gasteiger partial charge in [0.1, 0.15) is 0 Å². The second-order valence-electron chi connectivity index (χ2n) is 4.58. The molecule has 2 unspecified atom stereocenters. The molecule has 0 N–H and O–H groups in total. The topological polar surface area (TPSA) is 17.1 Å². The van der Waals surface area contributed by atoms with Crippen LogP contribution < -0.4 is 0 Å². The van der Waals surface area contributed by atoms with Crippen LogP contribution in [0.25, 0.3) is 0 Å². The van der Waals surface area contributed by atoms with E-state index in [0.717, 1.165) is 19.3 Å². The molecule has 0 aromatic carbocycles. The lowest BCUT2D eigenvalue weighted by Crippen LogP contribution is -2.20. The van der Waals surface area contributed by atoms with E-state index in [1.807, 2.05) is 6.92 Å². The van der Waals surface area contributed by atoms with Crippen molar-refractivity contribution in [2.45, 2.75) is 40.0 Å². The smallest absolute Gasteiger partial charge is 0.227 e. The van der Waals surface area contributed by atoms with Gasteiger partial charge in [-0.05, 0) is 42.7 Å². The molecule has 0 heterocycles. The first kappa shape index (κ1) is 10.0. The number of hydrogen-bond acceptors (Lipinski definition) is 1. The summed E-state index contributed by atoms with van der Waals surface area (Å²) < 4.78 is 0. The molecule has 70 valence electrons. The molecule has 2 atom stereocenters. The Morgan fingerprint density at radius 3 is 2.42 bits per heavy atom. The third-order valence-corrected chi connectivity index (χ3v) is 3.65. The molecular weight excluding hydrogens is 172 g/mol. The van der Waals surface area contributed by atoms with Crippen LogP contribution >= 0.6 is 11.6 Å². The molecule has 1 aliphatic carbocycles. The summed E-state index contributed by atoms with van der Waals surface area (Å²) in [5.74, 6) is 1.38. The van der Waals surface area contributed by atoms with E-state index in [4.69, 9.17) is 11.6 Å². The highest BCUT2D eigenvalue weighted by atomic mass is 35.5. The highest BCUT2D eigenvalue weighted by Gasteiger charge is 2.40. The van der Waals surface area contributed by atoms with Gasteiger partial charge in [0.15, 0.2) is 0 Å². The maximum atomic E-state index is 11.1. The van der Waals surface area contributed by atoms with Gasteiger partial charge in [-0.25, -0.2) is 0 Å². The number of hydrogen-bond donors (Lipinski definition) is 0. The maximum absolute atomic E-state index is 11.1.